The van der Waals surface area contributed by atoms with Crippen molar-refractivity contribution in [3.8, 4) is 11.5 Å². The van der Waals surface area contributed by atoms with E-state index >= 15 is 0 Å². The molecule has 0 N–H and O–H groups in total. The molecule has 0 aliphatic heterocycles. The zero-order valence-electron chi connectivity index (χ0n) is 17.7. The molecule has 0 aromatic heterocycles. The average molecular weight is 394 g/mol. The average Bonchev–Trinajstić information content (AvgIpc) is 2.73. The number of carbonyl (C=O) groups is 1. The predicted octanol–water partition coefficient (Wildman–Crippen LogP) is 6.31. The first-order valence-corrected chi connectivity index (χ1v) is 10.6. The van der Waals surface area contributed by atoms with Gasteiger partial charge in [-0.1, -0.05) is 77.6 Å². The number of carbonyl (C=O) groups excluding carboxylic acids is 1. The summed E-state index contributed by atoms with van der Waals surface area (Å²) >= 11 is 0. The second-order valence-corrected chi connectivity index (χ2v) is 7.01. The lowest BCUT2D eigenvalue weighted by atomic mass is 10.1. The second kappa shape index (κ2) is 16.2. The van der Waals surface area contributed by atoms with E-state index in [0.717, 1.165) is 19.3 Å². The van der Waals surface area contributed by atoms with E-state index in [0.29, 0.717) is 23.7 Å². The lowest BCUT2D eigenvalue weighted by molar-refractivity contribution is -0.241. The van der Waals surface area contributed by atoms with E-state index in [2.05, 4.69) is 6.92 Å². The summed E-state index contributed by atoms with van der Waals surface area (Å²) in [5.74, 6) is 0.514. The zero-order chi connectivity index (χ0) is 20.5. The molecule has 1 aromatic carbocycles. The summed E-state index contributed by atoms with van der Waals surface area (Å²) in [4.78, 5) is 21.9. The molecule has 0 bridgehead atoms. The van der Waals surface area contributed by atoms with Crippen LogP contribution >= 0.6 is 0 Å². The fourth-order valence-electron chi connectivity index (χ4n) is 3.04. The molecule has 0 atom stereocenters. The molecule has 0 heterocycles. The van der Waals surface area contributed by atoms with Gasteiger partial charge in [0.15, 0.2) is 11.5 Å². The largest absolute Gasteiger partial charge is 0.493 e. The van der Waals surface area contributed by atoms with Crippen LogP contribution in [0.2, 0.25) is 0 Å². The van der Waals surface area contributed by atoms with Gasteiger partial charge in [-0.05, 0) is 24.6 Å². The summed E-state index contributed by atoms with van der Waals surface area (Å²) in [6.45, 7) is 4.29. The van der Waals surface area contributed by atoms with Crippen molar-refractivity contribution in [1.29, 1.82) is 0 Å². The summed E-state index contributed by atoms with van der Waals surface area (Å²) in [6.07, 6.45) is 14.8. The van der Waals surface area contributed by atoms with Crippen LogP contribution in [0.25, 0.3) is 0 Å². The predicted molar refractivity (Wildman–Crippen MR) is 112 cm³/mol. The number of rotatable bonds is 17. The van der Waals surface area contributed by atoms with Gasteiger partial charge in [-0.25, -0.2) is 4.79 Å². The summed E-state index contributed by atoms with van der Waals surface area (Å²) in [7, 11) is 3.07. The van der Waals surface area contributed by atoms with Crippen molar-refractivity contribution in [3.05, 3.63) is 30.7 Å². The van der Waals surface area contributed by atoms with E-state index in [1.807, 2.05) is 0 Å². The van der Waals surface area contributed by atoms with Gasteiger partial charge in [0, 0.05) is 0 Å². The van der Waals surface area contributed by atoms with Crippen LogP contribution < -0.4 is 9.47 Å². The number of methoxy groups -OCH3 is 2. The maximum Gasteiger partial charge on any atom is 0.373 e. The summed E-state index contributed by atoms with van der Waals surface area (Å²) in [5, 5.41) is 0. The van der Waals surface area contributed by atoms with Crippen LogP contribution in [0.5, 0.6) is 11.5 Å². The minimum absolute atomic E-state index is 0.365. The molecule has 159 valence electrons. The Kier molecular flexibility index (Phi) is 14.1. The number of benzene rings is 1. The first kappa shape index (κ1) is 24.3. The molecule has 0 aliphatic rings. The second-order valence-electron chi connectivity index (χ2n) is 7.01. The number of hydrogen-bond donors (Lipinski definition) is 0. The maximum atomic E-state index is 12.0. The Bertz CT molecular complexity index is 530. The van der Waals surface area contributed by atoms with Gasteiger partial charge in [0.1, 0.15) is 0 Å². The van der Waals surface area contributed by atoms with Crippen LogP contribution in [-0.2, 0) is 9.78 Å². The third-order valence-corrected chi connectivity index (χ3v) is 4.73. The van der Waals surface area contributed by atoms with Crippen molar-refractivity contribution in [2.45, 2.75) is 77.0 Å². The molecule has 0 unspecified atom stereocenters. The topological polar surface area (TPSA) is 54.0 Å². The molecule has 0 amide bonds. The molecular weight excluding hydrogens is 356 g/mol. The monoisotopic (exact) mass is 393 g/mol. The molecule has 0 saturated heterocycles. The lowest BCUT2D eigenvalue weighted by Gasteiger charge is -2.09. The van der Waals surface area contributed by atoms with Crippen molar-refractivity contribution >= 4 is 5.97 Å². The molecule has 0 aliphatic carbocycles. The highest BCUT2D eigenvalue weighted by molar-refractivity contribution is 5.89. The Balaban J connectivity index is 1.99. The Labute approximate surface area is 170 Å². The third-order valence-electron chi connectivity index (χ3n) is 4.73. The Hall–Kier alpha value is -1.75. The first-order chi connectivity index (χ1) is 13.7. The fraction of sp³-hybridized carbons (Fsp3) is 0.652. The third kappa shape index (κ3) is 10.5. The Morgan fingerprint density at radius 1 is 0.786 bits per heavy atom. The van der Waals surface area contributed by atoms with Gasteiger partial charge in [-0.15, -0.1) is 0 Å². The molecule has 5 heteroatoms. The van der Waals surface area contributed by atoms with Gasteiger partial charge in [0.2, 0.25) is 0 Å². The van der Waals surface area contributed by atoms with E-state index in [4.69, 9.17) is 19.2 Å². The molecule has 1 rings (SSSR count). The zero-order valence-corrected chi connectivity index (χ0v) is 17.7. The highest BCUT2D eigenvalue weighted by atomic mass is 17.2. The quantitative estimate of drug-likeness (QED) is 0.176. The molecule has 0 fully saturated rings. The van der Waals surface area contributed by atoms with Crippen LogP contribution in [0.1, 0.15) is 87.4 Å². The van der Waals surface area contributed by atoms with Crippen LogP contribution in [-0.4, -0.2) is 26.8 Å². The molecular formula is C23H37O5. The van der Waals surface area contributed by atoms with Crippen LogP contribution in [0.3, 0.4) is 0 Å². The maximum absolute atomic E-state index is 12.0. The van der Waals surface area contributed by atoms with Crippen molar-refractivity contribution in [3.63, 3.8) is 0 Å². The number of hydrogen-bond acceptors (Lipinski definition) is 5. The van der Waals surface area contributed by atoms with Crippen molar-refractivity contribution in [1.82, 2.24) is 0 Å². The molecule has 1 radical (unpaired) electrons. The molecule has 0 spiro atoms. The minimum Gasteiger partial charge on any atom is -0.493 e. The SMILES string of the molecule is [CH2]CCCCCCCCCCCCCOOC(=O)c1ccc(OC)c(OC)c1. The van der Waals surface area contributed by atoms with E-state index < -0.39 is 5.97 Å². The smallest absolute Gasteiger partial charge is 0.373 e. The Morgan fingerprint density at radius 3 is 1.86 bits per heavy atom. The van der Waals surface area contributed by atoms with E-state index in [1.54, 1.807) is 25.3 Å². The first-order valence-electron chi connectivity index (χ1n) is 10.6. The van der Waals surface area contributed by atoms with Crippen LogP contribution in [0.15, 0.2) is 18.2 Å². The van der Waals surface area contributed by atoms with Crippen LogP contribution in [0, 0.1) is 6.92 Å². The number of ether oxygens (including phenoxy) is 2. The summed E-state index contributed by atoms with van der Waals surface area (Å²) < 4.78 is 10.3. The molecule has 28 heavy (non-hydrogen) atoms. The van der Waals surface area contributed by atoms with E-state index in [1.165, 1.54) is 64.9 Å². The fourth-order valence-corrected chi connectivity index (χ4v) is 3.04. The van der Waals surface area contributed by atoms with Gasteiger partial charge >= 0.3 is 5.97 Å². The van der Waals surface area contributed by atoms with Crippen LogP contribution in [0.4, 0.5) is 0 Å². The van der Waals surface area contributed by atoms with Gasteiger partial charge < -0.3 is 9.47 Å². The molecule has 1 aromatic rings. The van der Waals surface area contributed by atoms with E-state index in [9.17, 15) is 4.79 Å². The highest BCUT2D eigenvalue weighted by Crippen LogP contribution is 2.27. The van der Waals surface area contributed by atoms with Gasteiger partial charge in [0.25, 0.3) is 0 Å². The van der Waals surface area contributed by atoms with E-state index in [-0.39, 0.29) is 0 Å². The standard InChI is InChI=1S/C23H37O5/c1-4-5-6-7-8-9-10-11-12-13-14-15-18-27-28-23(24)20-16-17-21(25-2)22(19-20)26-3/h16-17,19H,1,4-15,18H2,2-3H3. The van der Waals surface area contributed by atoms with Crippen molar-refractivity contribution in [2.24, 2.45) is 0 Å². The normalized spacial score (nSPS) is 10.7. The highest BCUT2D eigenvalue weighted by Gasteiger charge is 2.12. The molecule has 0 saturated carbocycles. The van der Waals surface area contributed by atoms with Gasteiger partial charge in [-0.3, -0.25) is 4.89 Å². The number of unbranched alkanes of at least 4 members (excludes halogenated alkanes) is 11. The van der Waals surface area contributed by atoms with Gasteiger partial charge in [0.05, 0.1) is 26.4 Å². The van der Waals surface area contributed by atoms with Crippen molar-refractivity contribution in [2.75, 3.05) is 20.8 Å². The minimum atomic E-state index is -0.531. The van der Waals surface area contributed by atoms with Gasteiger partial charge in [-0.2, -0.15) is 4.89 Å². The summed E-state index contributed by atoms with van der Waals surface area (Å²) in [6, 6.07) is 4.86. The van der Waals surface area contributed by atoms with Crippen molar-refractivity contribution < 1.29 is 24.0 Å². The summed E-state index contributed by atoms with van der Waals surface area (Å²) in [5.41, 5.74) is 0.365. The lowest BCUT2D eigenvalue weighted by Crippen LogP contribution is -2.07. The Morgan fingerprint density at radius 2 is 1.32 bits per heavy atom. The molecule has 5 nitrogen and oxygen atoms in total.